The third-order valence-electron chi connectivity index (χ3n) is 5.72. The molecule has 1 heterocycles. The van der Waals surface area contributed by atoms with Gasteiger partial charge in [0, 0.05) is 11.3 Å². The molecule has 1 aliphatic rings. The van der Waals surface area contributed by atoms with Crippen molar-refractivity contribution >= 4 is 49.1 Å². The van der Waals surface area contributed by atoms with E-state index in [1.54, 1.807) is 42.5 Å². The number of carbonyl (C=O) groups is 2. The first-order valence-corrected chi connectivity index (χ1v) is 12.8. The second-order valence-electron chi connectivity index (χ2n) is 7.83. The van der Waals surface area contributed by atoms with Gasteiger partial charge in [-0.2, -0.15) is 0 Å². The molecule has 4 rings (SSSR count). The molecule has 1 saturated heterocycles. The molecule has 1 aliphatic heterocycles. The molecule has 1 unspecified atom stereocenters. The maximum absolute atomic E-state index is 13.3. The van der Waals surface area contributed by atoms with E-state index in [1.807, 2.05) is 0 Å². The van der Waals surface area contributed by atoms with E-state index < -0.39 is 27.8 Å². The number of rotatable bonds is 6. The lowest BCUT2D eigenvalue weighted by Crippen LogP contribution is -2.29. The molecule has 0 radical (unpaired) electrons. The van der Waals surface area contributed by atoms with Crippen LogP contribution in [-0.4, -0.2) is 39.4 Å². The summed E-state index contributed by atoms with van der Waals surface area (Å²) in [7, 11) is -0.985. The van der Waals surface area contributed by atoms with E-state index in [2.05, 4.69) is 15.9 Å². The third kappa shape index (κ3) is 4.60. The van der Waals surface area contributed by atoms with E-state index >= 15 is 0 Å². The molecule has 11 heteroatoms. The SMILES string of the molecule is COc1cccc(C2/C(=C(\O)c3ccc(OC)c(Br)c3)C(=O)C(=O)N2c2ccc(S(N)(=O)=O)cc2)c1. The van der Waals surface area contributed by atoms with E-state index in [9.17, 15) is 23.1 Å². The lowest BCUT2D eigenvalue weighted by atomic mass is 9.95. The fraction of sp³-hybridized carbons (Fsp3) is 0.120. The molecule has 0 bridgehead atoms. The summed E-state index contributed by atoms with van der Waals surface area (Å²) >= 11 is 3.36. The number of aliphatic hydroxyl groups excluding tert-OH is 1. The number of benzene rings is 3. The Kier molecular flexibility index (Phi) is 6.90. The van der Waals surface area contributed by atoms with Crippen molar-refractivity contribution in [2.24, 2.45) is 5.14 Å². The van der Waals surface area contributed by atoms with Crippen LogP contribution in [0.3, 0.4) is 0 Å². The minimum absolute atomic E-state index is 0.138. The highest BCUT2D eigenvalue weighted by molar-refractivity contribution is 9.10. The van der Waals surface area contributed by atoms with Crippen molar-refractivity contribution in [1.29, 1.82) is 0 Å². The number of Topliss-reactive ketones (excluding diaryl/α,β-unsaturated/α-hetero) is 1. The Hall–Kier alpha value is -3.67. The summed E-state index contributed by atoms with van der Waals surface area (Å²) in [6, 6.07) is 15.7. The average Bonchev–Trinajstić information content (AvgIpc) is 3.13. The highest BCUT2D eigenvalue weighted by atomic mass is 79.9. The number of hydrogen-bond donors (Lipinski definition) is 2. The quantitative estimate of drug-likeness (QED) is 0.261. The van der Waals surface area contributed by atoms with Gasteiger partial charge in [-0.05, 0) is 76.1 Å². The van der Waals surface area contributed by atoms with Crippen LogP contribution in [0.15, 0.2) is 81.7 Å². The Morgan fingerprint density at radius 3 is 2.28 bits per heavy atom. The van der Waals surface area contributed by atoms with E-state index in [0.29, 0.717) is 21.5 Å². The van der Waals surface area contributed by atoms with Gasteiger partial charge in [0.15, 0.2) is 0 Å². The van der Waals surface area contributed by atoms with Gasteiger partial charge in [-0.15, -0.1) is 0 Å². The number of amides is 1. The third-order valence-corrected chi connectivity index (χ3v) is 7.27. The number of nitrogens with two attached hydrogens (primary N) is 1. The van der Waals surface area contributed by atoms with E-state index in [4.69, 9.17) is 14.6 Å². The van der Waals surface area contributed by atoms with Crippen molar-refractivity contribution in [3.05, 3.63) is 87.9 Å². The number of carbonyl (C=O) groups excluding carboxylic acids is 2. The molecule has 1 fully saturated rings. The zero-order chi connectivity index (χ0) is 26.2. The minimum Gasteiger partial charge on any atom is -0.507 e. The number of nitrogens with zero attached hydrogens (tertiary/aromatic N) is 1. The molecule has 0 aromatic heterocycles. The predicted molar refractivity (Wildman–Crippen MR) is 136 cm³/mol. The largest absolute Gasteiger partial charge is 0.507 e. The normalized spacial score (nSPS) is 17.3. The van der Waals surface area contributed by atoms with Gasteiger partial charge in [0.2, 0.25) is 10.0 Å². The fourth-order valence-electron chi connectivity index (χ4n) is 3.99. The summed E-state index contributed by atoms with van der Waals surface area (Å²) in [5.74, 6) is -1.17. The Bertz CT molecular complexity index is 1500. The van der Waals surface area contributed by atoms with Crippen LogP contribution in [0.2, 0.25) is 0 Å². The Morgan fingerprint density at radius 1 is 1.00 bits per heavy atom. The second-order valence-corrected chi connectivity index (χ2v) is 10.2. The zero-order valence-corrected chi connectivity index (χ0v) is 21.5. The molecule has 3 aromatic rings. The van der Waals surface area contributed by atoms with Crippen molar-refractivity contribution in [1.82, 2.24) is 0 Å². The van der Waals surface area contributed by atoms with Gasteiger partial charge in [-0.25, -0.2) is 13.6 Å². The van der Waals surface area contributed by atoms with Gasteiger partial charge in [0.05, 0.1) is 35.2 Å². The highest BCUT2D eigenvalue weighted by Gasteiger charge is 2.47. The summed E-state index contributed by atoms with van der Waals surface area (Å²) < 4.78 is 34.5. The zero-order valence-electron chi connectivity index (χ0n) is 19.1. The Morgan fingerprint density at radius 2 is 1.69 bits per heavy atom. The molecule has 0 aliphatic carbocycles. The van der Waals surface area contributed by atoms with Crippen LogP contribution in [-0.2, 0) is 19.6 Å². The van der Waals surface area contributed by atoms with Crippen LogP contribution < -0.4 is 19.5 Å². The number of aliphatic hydroxyl groups is 1. The molecule has 36 heavy (non-hydrogen) atoms. The first-order valence-electron chi connectivity index (χ1n) is 10.5. The molecule has 186 valence electrons. The van der Waals surface area contributed by atoms with Crippen LogP contribution in [0.4, 0.5) is 5.69 Å². The highest BCUT2D eigenvalue weighted by Crippen LogP contribution is 2.43. The van der Waals surface area contributed by atoms with E-state index in [0.717, 1.165) is 0 Å². The molecule has 0 saturated carbocycles. The Balaban J connectivity index is 1.93. The van der Waals surface area contributed by atoms with Crippen LogP contribution in [0, 0.1) is 0 Å². The summed E-state index contributed by atoms with van der Waals surface area (Å²) in [4.78, 5) is 27.6. The maximum Gasteiger partial charge on any atom is 0.300 e. The van der Waals surface area contributed by atoms with E-state index in [1.165, 1.54) is 43.4 Å². The molecule has 3 aromatic carbocycles. The number of ether oxygens (including phenoxy) is 2. The Labute approximate surface area is 215 Å². The number of methoxy groups -OCH3 is 2. The minimum atomic E-state index is -3.96. The molecular formula is C25H21BrN2O7S. The number of hydrogen-bond acceptors (Lipinski definition) is 7. The molecule has 1 amide bonds. The van der Waals surface area contributed by atoms with Gasteiger partial charge < -0.3 is 14.6 Å². The standard InChI is InChI=1S/C25H21BrN2O7S/c1-34-17-5-3-4-14(12-17)22-21(23(29)15-6-11-20(35-2)19(26)13-15)24(30)25(31)28(22)16-7-9-18(10-8-16)36(27,32)33/h3-13,22,29H,1-2H3,(H2,27,32,33)/b23-21+. The first kappa shape index (κ1) is 25.4. The molecule has 0 spiro atoms. The number of anilines is 1. The lowest BCUT2D eigenvalue weighted by Gasteiger charge is -2.26. The summed E-state index contributed by atoms with van der Waals surface area (Å²) in [5.41, 5.74) is 0.893. The summed E-state index contributed by atoms with van der Waals surface area (Å²) in [5, 5.41) is 16.5. The van der Waals surface area contributed by atoms with Gasteiger partial charge in [-0.1, -0.05) is 12.1 Å². The number of ketones is 1. The smallest absolute Gasteiger partial charge is 0.300 e. The fourth-order valence-corrected chi connectivity index (χ4v) is 5.05. The van der Waals surface area contributed by atoms with Crippen molar-refractivity contribution in [3.8, 4) is 11.5 Å². The number of halogens is 1. The van der Waals surface area contributed by atoms with Crippen LogP contribution in [0.1, 0.15) is 17.2 Å². The monoisotopic (exact) mass is 572 g/mol. The second kappa shape index (κ2) is 9.76. The van der Waals surface area contributed by atoms with Crippen LogP contribution in [0.25, 0.3) is 5.76 Å². The average molecular weight is 573 g/mol. The predicted octanol–water partition coefficient (Wildman–Crippen LogP) is 3.74. The molecular weight excluding hydrogens is 552 g/mol. The molecule has 3 N–H and O–H groups in total. The van der Waals surface area contributed by atoms with Crippen molar-refractivity contribution in [3.63, 3.8) is 0 Å². The summed E-state index contributed by atoms with van der Waals surface area (Å²) in [6.07, 6.45) is 0. The topological polar surface area (TPSA) is 136 Å². The van der Waals surface area contributed by atoms with Gasteiger partial charge in [0.1, 0.15) is 17.3 Å². The van der Waals surface area contributed by atoms with Crippen LogP contribution >= 0.6 is 15.9 Å². The van der Waals surface area contributed by atoms with Gasteiger partial charge >= 0.3 is 0 Å². The van der Waals surface area contributed by atoms with Gasteiger partial charge in [0.25, 0.3) is 11.7 Å². The maximum atomic E-state index is 13.3. The molecule has 9 nitrogen and oxygen atoms in total. The lowest BCUT2D eigenvalue weighted by molar-refractivity contribution is -0.132. The van der Waals surface area contributed by atoms with E-state index in [-0.39, 0.29) is 27.5 Å². The van der Waals surface area contributed by atoms with Gasteiger partial charge in [-0.3, -0.25) is 14.5 Å². The number of primary sulfonamides is 1. The van der Waals surface area contributed by atoms with Crippen molar-refractivity contribution in [2.75, 3.05) is 19.1 Å². The number of sulfonamides is 1. The van der Waals surface area contributed by atoms with Crippen molar-refractivity contribution < 1.29 is 32.6 Å². The first-order chi connectivity index (χ1) is 17.1. The molecule has 1 atom stereocenters. The van der Waals surface area contributed by atoms with Crippen molar-refractivity contribution in [2.45, 2.75) is 10.9 Å². The summed E-state index contributed by atoms with van der Waals surface area (Å²) in [6.45, 7) is 0. The van der Waals surface area contributed by atoms with Crippen LogP contribution in [0.5, 0.6) is 11.5 Å².